The van der Waals surface area contributed by atoms with Gasteiger partial charge in [-0.25, -0.2) is 0 Å². The lowest BCUT2D eigenvalue weighted by molar-refractivity contribution is -0.908. The average Bonchev–Trinajstić information content (AvgIpc) is 2.43. The standard InChI is InChI=1S/C19H31NO/c1-15(2)19-9-8-18(13-17(19)4)21-12-6-11-20-10-5-7-16(3)14-20/h8-9,13,15-16H,5-7,10-12,14H2,1-4H3/p+1/t16-/m1/s1. The molecule has 0 spiro atoms. The highest BCUT2D eigenvalue weighted by Gasteiger charge is 2.18. The van der Waals surface area contributed by atoms with E-state index in [1.54, 1.807) is 4.90 Å². The zero-order chi connectivity index (χ0) is 15.2. The van der Waals surface area contributed by atoms with Crippen LogP contribution in [0.5, 0.6) is 5.75 Å². The summed E-state index contributed by atoms with van der Waals surface area (Å²) in [6.45, 7) is 13.9. The predicted molar refractivity (Wildman–Crippen MR) is 89.3 cm³/mol. The van der Waals surface area contributed by atoms with Crippen LogP contribution in [0.25, 0.3) is 0 Å². The van der Waals surface area contributed by atoms with Crippen LogP contribution >= 0.6 is 0 Å². The number of hydrogen-bond acceptors (Lipinski definition) is 1. The molecule has 0 amide bonds. The predicted octanol–water partition coefficient (Wildman–Crippen LogP) is 3.20. The van der Waals surface area contributed by atoms with Gasteiger partial charge in [0.2, 0.25) is 0 Å². The Bertz CT molecular complexity index is 441. The highest BCUT2D eigenvalue weighted by Crippen LogP contribution is 2.23. The number of nitrogens with one attached hydrogen (secondary N) is 1. The molecule has 0 aliphatic carbocycles. The van der Waals surface area contributed by atoms with E-state index in [2.05, 4.69) is 45.9 Å². The highest BCUT2D eigenvalue weighted by atomic mass is 16.5. The van der Waals surface area contributed by atoms with Crippen molar-refractivity contribution in [2.45, 2.75) is 52.9 Å². The number of likely N-dealkylation sites (tertiary alicyclic amines) is 1. The van der Waals surface area contributed by atoms with E-state index in [9.17, 15) is 0 Å². The molecule has 1 fully saturated rings. The monoisotopic (exact) mass is 290 g/mol. The summed E-state index contributed by atoms with van der Waals surface area (Å²) in [4.78, 5) is 1.77. The molecule has 2 atom stereocenters. The molecule has 0 radical (unpaired) electrons. The largest absolute Gasteiger partial charge is 0.493 e. The van der Waals surface area contributed by atoms with Gasteiger partial charge in [-0.3, -0.25) is 0 Å². The first-order chi connectivity index (χ1) is 10.1. The van der Waals surface area contributed by atoms with Gasteiger partial charge in [0, 0.05) is 12.3 Å². The first-order valence-corrected chi connectivity index (χ1v) is 8.63. The number of hydrogen-bond donors (Lipinski definition) is 1. The minimum Gasteiger partial charge on any atom is -0.493 e. The van der Waals surface area contributed by atoms with E-state index in [4.69, 9.17) is 4.74 Å². The zero-order valence-corrected chi connectivity index (χ0v) is 14.2. The number of aryl methyl sites for hydroxylation is 1. The van der Waals surface area contributed by atoms with Crippen LogP contribution in [-0.4, -0.2) is 26.2 Å². The van der Waals surface area contributed by atoms with Gasteiger partial charge in [0.15, 0.2) is 0 Å². The molecule has 118 valence electrons. The molecule has 2 nitrogen and oxygen atoms in total. The molecule has 1 aromatic rings. The Balaban J connectivity index is 1.72. The molecular formula is C19H32NO+. The lowest BCUT2D eigenvalue weighted by atomic mass is 9.98. The van der Waals surface area contributed by atoms with Crippen LogP contribution in [0.15, 0.2) is 18.2 Å². The van der Waals surface area contributed by atoms with E-state index in [0.29, 0.717) is 5.92 Å². The zero-order valence-electron chi connectivity index (χ0n) is 14.2. The van der Waals surface area contributed by atoms with Crippen LogP contribution in [-0.2, 0) is 0 Å². The van der Waals surface area contributed by atoms with Crippen molar-refractivity contribution in [3.05, 3.63) is 29.3 Å². The molecule has 2 rings (SSSR count). The maximum absolute atomic E-state index is 5.93. The third kappa shape index (κ3) is 5.03. The van der Waals surface area contributed by atoms with Crippen LogP contribution in [0.4, 0.5) is 0 Å². The summed E-state index contributed by atoms with van der Waals surface area (Å²) in [6, 6.07) is 6.52. The minimum atomic E-state index is 0.587. The van der Waals surface area contributed by atoms with Crippen LogP contribution < -0.4 is 9.64 Å². The van der Waals surface area contributed by atoms with E-state index < -0.39 is 0 Å². The Morgan fingerprint density at radius 1 is 1.33 bits per heavy atom. The van der Waals surface area contributed by atoms with Crippen molar-refractivity contribution in [1.82, 2.24) is 0 Å². The fourth-order valence-corrected chi connectivity index (χ4v) is 3.52. The van der Waals surface area contributed by atoms with Gasteiger partial charge >= 0.3 is 0 Å². The molecular weight excluding hydrogens is 258 g/mol. The number of quaternary nitrogens is 1. The number of benzene rings is 1. The maximum Gasteiger partial charge on any atom is 0.119 e. The van der Waals surface area contributed by atoms with Gasteiger partial charge in [0.25, 0.3) is 0 Å². The SMILES string of the molecule is Cc1cc(OCCC[NH+]2CCC[C@@H](C)C2)ccc1C(C)C. The fraction of sp³-hybridized carbons (Fsp3) is 0.684. The second-order valence-electron chi connectivity index (χ2n) is 7.08. The van der Waals surface area contributed by atoms with Crippen molar-refractivity contribution in [3.63, 3.8) is 0 Å². The van der Waals surface area contributed by atoms with Gasteiger partial charge in [-0.15, -0.1) is 0 Å². The van der Waals surface area contributed by atoms with Gasteiger partial charge in [0.1, 0.15) is 5.75 Å². The van der Waals surface area contributed by atoms with Gasteiger partial charge in [0.05, 0.1) is 26.2 Å². The lowest BCUT2D eigenvalue weighted by Gasteiger charge is -2.27. The smallest absolute Gasteiger partial charge is 0.119 e. The molecule has 0 aromatic heterocycles. The number of rotatable bonds is 6. The summed E-state index contributed by atoms with van der Waals surface area (Å²) >= 11 is 0. The normalized spacial score (nSPS) is 22.5. The maximum atomic E-state index is 5.93. The molecule has 0 bridgehead atoms. The third-order valence-corrected chi connectivity index (χ3v) is 4.67. The van der Waals surface area contributed by atoms with E-state index in [0.717, 1.165) is 24.7 Å². The molecule has 1 N–H and O–H groups in total. The van der Waals surface area contributed by atoms with Gasteiger partial charge in [-0.2, -0.15) is 0 Å². The van der Waals surface area contributed by atoms with Gasteiger partial charge in [-0.1, -0.05) is 26.8 Å². The number of piperidine rings is 1. The van der Waals surface area contributed by atoms with Crippen LogP contribution in [0, 0.1) is 12.8 Å². The fourth-order valence-electron chi connectivity index (χ4n) is 3.52. The molecule has 0 saturated carbocycles. The Hall–Kier alpha value is -1.02. The summed E-state index contributed by atoms with van der Waals surface area (Å²) in [5.74, 6) is 2.52. The van der Waals surface area contributed by atoms with Crippen molar-refractivity contribution in [1.29, 1.82) is 0 Å². The van der Waals surface area contributed by atoms with Crippen molar-refractivity contribution in [2.75, 3.05) is 26.2 Å². The Morgan fingerprint density at radius 3 is 2.81 bits per heavy atom. The number of ether oxygens (including phenoxy) is 1. The first-order valence-electron chi connectivity index (χ1n) is 8.63. The molecule has 1 aliphatic rings. The summed E-state index contributed by atoms with van der Waals surface area (Å²) in [6.07, 6.45) is 3.97. The molecule has 2 heteroatoms. The van der Waals surface area contributed by atoms with Crippen molar-refractivity contribution in [2.24, 2.45) is 5.92 Å². The van der Waals surface area contributed by atoms with Crippen LogP contribution in [0.3, 0.4) is 0 Å². The quantitative estimate of drug-likeness (QED) is 0.794. The van der Waals surface area contributed by atoms with E-state index >= 15 is 0 Å². The summed E-state index contributed by atoms with van der Waals surface area (Å²) in [7, 11) is 0. The van der Waals surface area contributed by atoms with Crippen molar-refractivity contribution < 1.29 is 9.64 Å². The van der Waals surface area contributed by atoms with E-state index in [1.807, 2.05) is 0 Å². The molecule has 21 heavy (non-hydrogen) atoms. The van der Waals surface area contributed by atoms with E-state index in [-0.39, 0.29) is 0 Å². The second-order valence-corrected chi connectivity index (χ2v) is 7.08. The van der Waals surface area contributed by atoms with Crippen molar-refractivity contribution >= 4 is 0 Å². The Kier molecular flexibility index (Phi) is 6.10. The third-order valence-electron chi connectivity index (χ3n) is 4.67. The Morgan fingerprint density at radius 2 is 2.14 bits per heavy atom. The molecule has 1 unspecified atom stereocenters. The first kappa shape index (κ1) is 16.4. The molecule has 1 aromatic carbocycles. The van der Waals surface area contributed by atoms with Gasteiger partial charge in [-0.05, 0) is 48.9 Å². The lowest BCUT2D eigenvalue weighted by Crippen LogP contribution is -3.13. The molecule has 1 saturated heterocycles. The van der Waals surface area contributed by atoms with Crippen LogP contribution in [0.2, 0.25) is 0 Å². The summed E-state index contributed by atoms with van der Waals surface area (Å²) in [5, 5.41) is 0. The van der Waals surface area contributed by atoms with E-state index in [1.165, 1.54) is 43.6 Å². The Labute approximate surface area is 130 Å². The minimum absolute atomic E-state index is 0.587. The van der Waals surface area contributed by atoms with Crippen molar-refractivity contribution in [3.8, 4) is 5.75 Å². The highest BCUT2D eigenvalue weighted by molar-refractivity contribution is 5.36. The van der Waals surface area contributed by atoms with Crippen LogP contribution in [0.1, 0.15) is 57.1 Å². The molecule has 1 heterocycles. The molecule has 1 aliphatic heterocycles. The van der Waals surface area contributed by atoms with Gasteiger partial charge < -0.3 is 9.64 Å². The second kappa shape index (κ2) is 7.84. The topological polar surface area (TPSA) is 13.7 Å². The summed E-state index contributed by atoms with van der Waals surface area (Å²) < 4.78 is 5.93. The average molecular weight is 290 g/mol. The summed E-state index contributed by atoms with van der Waals surface area (Å²) in [5.41, 5.74) is 2.77.